The van der Waals surface area contributed by atoms with Crippen LogP contribution in [-0.2, 0) is 14.4 Å². The van der Waals surface area contributed by atoms with Gasteiger partial charge in [-0.05, 0) is 54.7 Å². The first-order chi connectivity index (χ1) is 17.4. The molecule has 3 aliphatic rings. The number of hydrogen-bond donors (Lipinski definition) is 0. The van der Waals surface area contributed by atoms with Crippen LogP contribution in [-0.4, -0.2) is 42.2 Å². The molecule has 0 unspecified atom stereocenters. The number of carbonyl (C=O) groups excluding carboxylic acids is 3. The summed E-state index contributed by atoms with van der Waals surface area (Å²) in [5.74, 6) is -0.985. The lowest BCUT2D eigenvalue weighted by molar-refractivity contribution is -0.307. The third-order valence-corrected chi connectivity index (χ3v) is 7.42. The maximum absolute atomic E-state index is 13.8. The average molecular weight is 509 g/mol. The Morgan fingerprint density at radius 1 is 0.919 bits per heavy atom. The summed E-state index contributed by atoms with van der Waals surface area (Å²) in [7, 11) is 0. The van der Waals surface area contributed by atoms with Crippen LogP contribution in [0, 0.1) is 10.8 Å². The first kappa shape index (κ1) is 27.0. The van der Waals surface area contributed by atoms with Gasteiger partial charge in [-0.2, -0.15) is 0 Å². The second-order valence-corrected chi connectivity index (χ2v) is 12.0. The standard InChI is InChI=1S/C30H39NO6/c1-7-11-31-19-13-29(3,4)15-21(32)27(19)26(28-20(31)14-30(5,6)16-22(28)33)18-9-10-23(37-17-25(34)35)24(12-18)36-8-2/h9-10,12,26H,7-8,11,13-17H2,1-6H3,(H,34,35)/p-1. The molecule has 37 heavy (non-hydrogen) atoms. The average Bonchev–Trinajstić information content (AvgIpc) is 2.77. The molecule has 0 saturated heterocycles. The highest BCUT2D eigenvalue weighted by Crippen LogP contribution is 2.54. The minimum absolute atomic E-state index is 0.0803. The molecule has 0 bridgehead atoms. The van der Waals surface area contributed by atoms with Gasteiger partial charge in [0.05, 0.1) is 12.6 Å². The molecule has 0 aromatic heterocycles. The molecule has 2 aliphatic carbocycles. The van der Waals surface area contributed by atoms with Crippen molar-refractivity contribution in [2.75, 3.05) is 19.8 Å². The van der Waals surface area contributed by atoms with Crippen LogP contribution in [0.2, 0.25) is 0 Å². The molecular formula is C30H38NO6-. The van der Waals surface area contributed by atoms with Crippen LogP contribution in [0.3, 0.4) is 0 Å². The largest absolute Gasteiger partial charge is 0.546 e. The smallest absolute Gasteiger partial charge is 0.162 e. The maximum Gasteiger partial charge on any atom is 0.162 e. The van der Waals surface area contributed by atoms with Crippen molar-refractivity contribution in [3.8, 4) is 11.5 Å². The van der Waals surface area contributed by atoms with E-state index in [1.54, 1.807) is 12.1 Å². The van der Waals surface area contributed by atoms with Crippen molar-refractivity contribution in [1.29, 1.82) is 0 Å². The Hall–Kier alpha value is -3.09. The summed E-state index contributed by atoms with van der Waals surface area (Å²) >= 11 is 0. The van der Waals surface area contributed by atoms with Crippen molar-refractivity contribution >= 4 is 17.5 Å². The van der Waals surface area contributed by atoms with Crippen molar-refractivity contribution in [3.63, 3.8) is 0 Å². The number of rotatable bonds is 8. The molecule has 1 heterocycles. The zero-order valence-electron chi connectivity index (χ0n) is 22.9. The van der Waals surface area contributed by atoms with Crippen LogP contribution in [0.15, 0.2) is 40.7 Å². The zero-order chi connectivity index (χ0) is 27.1. The van der Waals surface area contributed by atoms with E-state index < -0.39 is 18.5 Å². The van der Waals surface area contributed by atoms with Crippen LogP contribution in [0.1, 0.15) is 85.1 Å². The van der Waals surface area contributed by atoms with E-state index in [0.717, 1.165) is 42.8 Å². The molecule has 1 aromatic carbocycles. The fraction of sp³-hybridized carbons (Fsp3) is 0.567. The van der Waals surface area contributed by atoms with Crippen LogP contribution >= 0.6 is 0 Å². The number of carbonyl (C=O) groups is 3. The first-order valence-corrected chi connectivity index (χ1v) is 13.3. The number of aliphatic carboxylic acids is 1. The molecule has 0 atom stereocenters. The number of ketones is 2. The fourth-order valence-electron chi connectivity index (χ4n) is 6.10. The van der Waals surface area contributed by atoms with E-state index in [2.05, 4.69) is 39.5 Å². The number of benzene rings is 1. The van der Waals surface area contributed by atoms with Gasteiger partial charge in [-0.1, -0.05) is 40.7 Å². The summed E-state index contributed by atoms with van der Waals surface area (Å²) in [6.45, 7) is 13.0. The van der Waals surface area contributed by atoms with E-state index in [4.69, 9.17) is 9.47 Å². The summed E-state index contributed by atoms with van der Waals surface area (Å²) in [6.07, 6.45) is 3.29. The van der Waals surface area contributed by atoms with E-state index in [-0.39, 0.29) is 28.1 Å². The van der Waals surface area contributed by atoms with Crippen LogP contribution < -0.4 is 14.6 Å². The van der Waals surface area contributed by atoms with Crippen LogP contribution in [0.4, 0.5) is 0 Å². The molecule has 1 aliphatic heterocycles. The van der Waals surface area contributed by atoms with E-state index in [9.17, 15) is 19.5 Å². The van der Waals surface area contributed by atoms with E-state index in [0.29, 0.717) is 36.3 Å². The Kier molecular flexibility index (Phi) is 7.28. The Balaban J connectivity index is 1.93. The number of hydrogen-bond acceptors (Lipinski definition) is 7. The number of nitrogens with zero attached hydrogens (tertiary/aromatic N) is 1. The molecule has 1 aromatic rings. The van der Waals surface area contributed by atoms with Crippen molar-refractivity contribution in [1.82, 2.24) is 4.90 Å². The summed E-state index contributed by atoms with van der Waals surface area (Å²) < 4.78 is 11.2. The quantitative estimate of drug-likeness (QED) is 0.516. The molecule has 200 valence electrons. The van der Waals surface area contributed by atoms with E-state index >= 15 is 0 Å². The molecule has 0 radical (unpaired) electrons. The highest BCUT2D eigenvalue weighted by Gasteiger charge is 2.48. The topological polar surface area (TPSA) is 96.0 Å². The van der Waals surface area contributed by atoms with E-state index in [1.165, 1.54) is 0 Å². The van der Waals surface area contributed by atoms with Gasteiger partial charge >= 0.3 is 0 Å². The van der Waals surface area contributed by atoms with Gasteiger partial charge in [0.1, 0.15) is 6.61 Å². The molecule has 7 heteroatoms. The lowest BCUT2D eigenvalue weighted by atomic mass is 9.63. The predicted molar refractivity (Wildman–Crippen MR) is 138 cm³/mol. The molecular weight excluding hydrogens is 470 g/mol. The summed E-state index contributed by atoms with van der Waals surface area (Å²) in [5, 5.41) is 11.0. The fourth-order valence-corrected chi connectivity index (χ4v) is 6.10. The van der Waals surface area contributed by atoms with Gasteiger partial charge in [-0.25, -0.2) is 0 Å². The van der Waals surface area contributed by atoms with Crippen molar-refractivity contribution in [3.05, 3.63) is 46.3 Å². The molecule has 0 amide bonds. The van der Waals surface area contributed by atoms with Crippen molar-refractivity contribution in [2.24, 2.45) is 10.8 Å². The van der Waals surface area contributed by atoms with Crippen molar-refractivity contribution in [2.45, 2.75) is 79.6 Å². The number of ether oxygens (including phenoxy) is 2. The van der Waals surface area contributed by atoms with E-state index in [1.807, 2.05) is 13.0 Å². The second kappa shape index (κ2) is 9.99. The third kappa shape index (κ3) is 5.32. The normalized spacial score (nSPS) is 21.1. The SMILES string of the molecule is CCCN1C2=C(C(=O)CC(C)(C)C2)C(c2ccc(OCC(=O)[O-])c(OCC)c2)C2=C1CC(C)(C)CC2=O. The van der Waals surface area contributed by atoms with Gasteiger partial charge in [0.25, 0.3) is 0 Å². The van der Waals surface area contributed by atoms with Crippen LogP contribution in [0.25, 0.3) is 0 Å². The molecule has 7 nitrogen and oxygen atoms in total. The molecule has 0 fully saturated rings. The zero-order valence-corrected chi connectivity index (χ0v) is 22.9. The molecule has 0 saturated carbocycles. The lowest BCUT2D eigenvalue weighted by Gasteiger charge is -2.49. The number of Topliss-reactive ketones (excluding diaryl/α,β-unsaturated/α-hetero) is 2. The van der Waals surface area contributed by atoms with Gasteiger partial charge in [-0.15, -0.1) is 0 Å². The maximum atomic E-state index is 13.8. The summed E-state index contributed by atoms with van der Waals surface area (Å²) in [5.41, 5.74) is 3.94. The van der Waals surface area contributed by atoms with Crippen molar-refractivity contribution < 1.29 is 29.0 Å². The minimum Gasteiger partial charge on any atom is -0.546 e. The second-order valence-electron chi connectivity index (χ2n) is 12.0. The van der Waals surface area contributed by atoms with Gasteiger partial charge in [-0.3, -0.25) is 9.59 Å². The molecule has 0 spiro atoms. The highest BCUT2D eigenvalue weighted by molar-refractivity contribution is 6.06. The molecule has 4 rings (SSSR count). The Morgan fingerprint density at radius 3 is 1.97 bits per heavy atom. The first-order valence-electron chi connectivity index (χ1n) is 13.3. The number of carboxylic acid groups (broad SMARTS) is 1. The predicted octanol–water partition coefficient (Wildman–Crippen LogP) is 4.31. The molecule has 0 N–H and O–H groups in total. The Labute approximate surface area is 219 Å². The Morgan fingerprint density at radius 2 is 1.49 bits per heavy atom. The van der Waals surface area contributed by atoms with Crippen LogP contribution in [0.5, 0.6) is 11.5 Å². The van der Waals surface area contributed by atoms with Gasteiger partial charge in [0.2, 0.25) is 0 Å². The minimum atomic E-state index is -1.33. The van der Waals surface area contributed by atoms with Gasteiger partial charge in [0, 0.05) is 47.8 Å². The number of allylic oxidation sites excluding steroid dienone is 4. The van der Waals surface area contributed by atoms with Gasteiger partial charge < -0.3 is 24.3 Å². The monoisotopic (exact) mass is 508 g/mol. The highest BCUT2D eigenvalue weighted by atomic mass is 16.5. The van der Waals surface area contributed by atoms with Gasteiger partial charge in [0.15, 0.2) is 23.1 Å². The lowest BCUT2D eigenvalue weighted by Crippen LogP contribution is -2.44. The third-order valence-electron chi connectivity index (χ3n) is 7.42. The summed E-state index contributed by atoms with van der Waals surface area (Å²) in [4.78, 5) is 40.8. The number of carboxylic acids is 1. The summed E-state index contributed by atoms with van der Waals surface area (Å²) in [6, 6.07) is 5.28. The Bertz CT molecular complexity index is 1130.